The van der Waals surface area contributed by atoms with E-state index in [0.717, 1.165) is 28.8 Å². The summed E-state index contributed by atoms with van der Waals surface area (Å²) in [6.07, 6.45) is 1.24. The summed E-state index contributed by atoms with van der Waals surface area (Å²) in [6, 6.07) is 14.5. The number of nitrogens with one attached hydrogen (secondary N) is 2. The molecule has 0 unspecified atom stereocenters. The molecule has 0 bridgehead atoms. The summed E-state index contributed by atoms with van der Waals surface area (Å²) in [4.78, 5) is 21.9. The summed E-state index contributed by atoms with van der Waals surface area (Å²) in [5, 5.41) is 3.42. The number of amides is 1. The SMILES string of the molecule is O=C1C[C@H](NCc2nc3ccccc3[nH]2)CN1CCc1ccc(F)cc1. The molecule has 2 aromatic carbocycles. The maximum atomic E-state index is 13.0. The van der Waals surface area contributed by atoms with Gasteiger partial charge in [0.2, 0.25) is 5.91 Å². The van der Waals surface area contributed by atoms with Gasteiger partial charge in [-0.15, -0.1) is 0 Å². The van der Waals surface area contributed by atoms with Gasteiger partial charge >= 0.3 is 0 Å². The molecule has 3 aromatic rings. The van der Waals surface area contributed by atoms with Crippen LogP contribution in [0.4, 0.5) is 4.39 Å². The van der Waals surface area contributed by atoms with Gasteiger partial charge in [-0.1, -0.05) is 24.3 Å². The highest BCUT2D eigenvalue weighted by molar-refractivity contribution is 5.79. The van der Waals surface area contributed by atoms with Gasteiger partial charge < -0.3 is 15.2 Å². The second-order valence-electron chi connectivity index (χ2n) is 6.70. The summed E-state index contributed by atoms with van der Waals surface area (Å²) >= 11 is 0. The van der Waals surface area contributed by atoms with Gasteiger partial charge in [-0.2, -0.15) is 0 Å². The highest BCUT2D eigenvalue weighted by Gasteiger charge is 2.28. The van der Waals surface area contributed by atoms with Crippen LogP contribution >= 0.6 is 0 Å². The van der Waals surface area contributed by atoms with Crippen LogP contribution in [0.15, 0.2) is 48.5 Å². The molecule has 1 aromatic heterocycles. The predicted molar refractivity (Wildman–Crippen MR) is 98.0 cm³/mol. The topological polar surface area (TPSA) is 61.0 Å². The van der Waals surface area contributed by atoms with Crippen LogP contribution in [0.2, 0.25) is 0 Å². The molecule has 26 heavy (non-hydrogen) atoms. The summed E-state index contributed by atoms with van der Waals surface area (Å²) in [6.45, 7) is 1.96. The molecule has 1 fully saturated rings. The van der Waals surface area contributed by atoms with Crippen LogP contribution < -0.4 is 5.32 Å². The second kappa shape index (κ2) is 7.25. The van der Waals surface area contributed by atoms with Crippen molar-refractivity contribution in [3.63, 3.8) is 0 Å². The normalized spacial score (nSPS) is 17.3. The lowest BCUT2D eigenvalue weighted by molar-refractivity contribution is -0.127. The van der Waals surface area contributed by atoms with Crippen molar-refractivity contribution in [1.82, 2.24) is 20.2 Å². The minimum atomic E-state index is -0.235. The van der Waals surface area contributed by atoms with Crippen molar-refractivity contribution >= 4 is 16.9 Å². The zero-order valence-corrected chi connectivity index (χ0v) is 14.4. The fourth-order valence-corrected chi connectivity index (χ4v) is 3.37. The van der Waals surface area contributed by atoms with Crippen molar-refractivity contribution in [3.8, 4) is 0 Å². The maximum Gasteiger partial charge on any atom is 0.224 e. The van der Waals surface area contributed by atoms with Crippen LogP contribution in [-0.4, -0.2) is 39.9 Å². The van der Waals surface area contributed by atoms with Crippen molar-refractivity contribution in [2.45, 2.75) is 25.4 Å². The first-order valence-electron chi connectivity index (χ1n) is 8.86. The smallest absolute Gasteiger partial charge is 0.224 e. The largest absolute Gasteiger partial charge is 0.341 e. The Morgan fingerprint density at radius 1 is 1.19 bits per heavy atom. The molecule has 2 N–H and O–H groups in total. The molecule has 1 aliphatic rings. The fourth-order valence-electron chi connectivity index (χ4n) is 3.37. The molecule has 1 atom stereocenters. The number of rotatable bonds is 6. The fraction of sp³-hybridized carbons (Fsp3) is 0.300. The number of H-pyrrole nitrogens is 1. The zero-order chi connectivity index (χ0) is 17.9. The third-order valence-electron chi connectivity index (χ3n) is 4.79. The highest BCUT2D eigenvalue weighted by Crippen LogP contribution is 2.14. The molecule has 0 radical (unpaired) electrons. The molecule has 0 spiro atoms. The van der Waals surface area contributed by atoms with Gasteiger partial charge in [0.25, 0.3) is 0 Å². The Morgan fingerprint density at radius 2 is 2.00 bits per heavy atom. The number of aromatic nitrogens is 2. The van der Waals surface area contributed by atoms with E-state index in [-0.39, 0.29) is 17.8 Å². The Hall–Kier alpha value is -2.73. The third-order valence-corrected chi connectivity index (χ3v) is 4.79. The number of halogens is 1. The van der Waals surface area contributed by atoms with Gasteiger partial charge in [-0.25, -0.2) is 9.37 Å². The van der Waals surface area contributed by atoms with Crippen LogP contribution in [-0.2, 0) is 17.8 Å². The summed E-state index contributed by atoms with van der Waals surface area (Å²) in [5.74, 6) is 0.804. The Labute approximate surface area is 151 Å². The van der Waals surface area contributed by atoms with Crippen LogP contribution in [0.5, 0.6) is 0 Å². The van der Waals surface area contributed by atoms with Crippen molar-refractivity contribution in [3.05, 3.63) is 65.7 Å². The monoisotopic (exact) mass is 352 g/mol. The van der Waals surface area contributed by atoms with Gasteiger partial charge in [0.05, 0.1) is 17.6 Å². The molecule has 1 amide bonds. The minimum Gasteiger partial charge on any atom is -0.341 e. The number of fused-ring (bicyclic) bond motifs is 1. The molecule has 5 nitrogen and oxygen atoms in total. The minimum absolute atomic E-state index is 0.129. The molecular weight excluding hydrogens is 331 g/mol. The first kappa shape index (κ1) is 16.7. The number of hydrogen-bond acceptors (Lipinski definition) is 3. The number of para-hydroxylation sites is 2. The first-order chi connectivity index (χ1) is 12.7. The van der Waals surface area contributed by atoms with Gasteiger partial charge in [-0.3, -0.25) is 4.79 Å². The lowest BCUT2D eigenvalue weighted by Gasteiger charge is -2.17. The molecule has 2 heterocycles. The van der Waals surface area contributed by atoms with Crippen LogP contribution in [0.3, 0.4) is 0 Å². The third kappa shape index (κ3) is 3.75. The van der Waals surface area contributed by atoms with Crippen LogP contribution in [0.1, 0.15) is 17.8 Å². The molecule has 4 rings (SSSR count). The lowest BCUT2D eigenvalue weighted by atomic mass is 10.1. The van der Waals surface area contributed by atoms with Crippen LogP contribution in [0, 0.1) is 5.82 Å². The van der Waals surface area contributed by atoms with Gasteiger partial charge in [0.1, 0.15) is 11.6 Å². The second-order valence-corrected chi connectivity index (χ2v) is 6.70. The van der Waals surface area contributed by atoms with Crippen molar-refractivity contribution in [1.29, 1.82) is 0 Å². The van der Waals surface area contributed by atoms with Gasteiger partial charge in [0, 0.05) is 25.6 Å². The standard InChI is InChI=1S/C20H21FN4O/c21-15-7-5-14(6-8-15)9-10-25-13-16(11-20(25)26)22-12-19-23-17-3-1-2-4-18(17)24-19/h1-8,16,22H,9-13H2,(H,23,24)/t16-/m0/s1. The number of benzene rings is 2. The summed E-state index contributed by atoms with van der Waals surface area (Å²) in [5.41, 5.74) is 3.01. The number of carbonyl (C=O) groups is 1. The lowest BCUT2D eigenvalue weighted by Crippen LogP contribution is -2.33. The molecular formula is C20H21FN4O. The number of hydrogen-bond donors (Lipinski definition) is 2. The van der Waals surface area contributed by atoms with E-state index in [9.17, 15) is 9.18 Å². The number of likely N-dealkylation sites (tertiary alicyclic amines) is 1. The number of carbonyl (C=O) groups excluding carboxylic acids is 1. The Bertz CT molecular complexity index is 873. The van der Waals surface area contributed by atoms with E-state index in [0.29, 0.717) is 26.1 Å². The van der Waals surface area contributed by atoms with E-state index < -0.39 is 0 Å². The first-order valence-corrected chi connectivity index (χ1v) is 8.86. The average Bonchev–Trinajstić information content (AvgIpc) is 3.22. The van der Waals surface area contributed by atoms with Crippen LogP contribution in [0.25, 0.3) is 11.0 Å². The van der Waals surface area contributed by atoms with E-state index in [1.807, 2.05) is 29.2 Å². The molecule has 6 heteroatoms. The van der Waals surface area contributed by atoms with Gasteiger partial charge in [0.15, 0.2) is 0 Å². The van der Waals surface area contributed by atoms with E-state index in [2.05, 4.69) is 15.3 Å². The maximum absolute atomic E-state index is 13.0. The van der Waals surface area contributed by atoms with Gasteiger partial charge in [-0.05, 0) is 36.2 Å². The quantitative estimate of drug-likeness (QED) is 0.717. The summed E-state index contributed by atoms with van der Waals surface area (Å²) in [7, 11) is 0. The number of imidazole rings is 1. The zero-order valence-electron chi connectivity index (χ0n) is 14.4. The van der Waals surface area contributed by atoms with Crippen molar-refractivity contribution in [2.24, 2.45) is 0 Å². The summed E-state index contributed by atoms with van der Waals surface area (Å²) < 4.78 is 13.0. The predicted octanol–water partition coefficient (Wildman–Crippen LogP) is 2.64. The molecule has 134 valence electrons. The molecule has 1 saturated heterocycles. The highest BCUT2D eigenvalue weighted by atomic mass is 19.1. The van der Waals surface area contributed by atoms with Crippen molar-refractivity contribution in [2.75, 3.05) is 13.1 Å². The average molecular weight is 352 g/mol. The molecule has 1 aliphatic heterocycles. The Balaban J connectivity index is 1.29. The molecule has 0 aliphatic carbocycles. The van der Waals surface area contributed by atoms with Crippen molar-refractivity contribution < 1.29 is 9.18 Å². The Kier molecular flexibility index (Phi) is 4.67. The van der Waals surface area contributed by atoms with E-state index in [1.54, 1.807) is 12.1 Å². The molecule has 0 saturated carbocycles. The number of aromatic amines is 1. The number of nitrogens with zero attached hydrogens (tertiary/aromatic N) is 2. The van der Waals surface area contributed by atoms with E-state index >= 15 is 0 Å². The van der Waals surface area contributed by atoms with E-state index in [4.69, 9.17) is 0 Å². The van der Waals surface area contributed by atoms with E-state index in [1.165, 1.54) is 12.1 Å². The Morgan fingerprint density at radius 3 is 2.81 bits per heavy atom.